The normalized spacial score (nSPS) is 11.2. The quantitative estimate of drug-likeness (QED) is 0.251. The monoisotopic (exact) mass is 453 g/mol. The number of carbonyl (C=O) groups excluding carboxylic acids is 1. The second kappa shape index (κ2) is 9.42. The van der Waals surface area contributed by atoms with Crippen molar-refractivity contribution in [3.8, 4) is 11.4 Å². The Morgan fingerprint density at radius 2 is 1.82 bits per heavy atom. The van der Waals surface area contributed by atoms with Crippen molar-refractivity contribution in [3.63, 3.8) is 0 Å². The molecule has 0 radical (unpaired) electrons. The molecule has 3 heterocycles. The van der Waals surface area contributed by atoms with E-state index >= 15 is 0 Å². The standard InChI is InChI=1S/C26H23N5OS/c1-2-19-9-6-10-21-22(15-28-24(19)21)23(32)17-33-26-30-29-25(20-11-13-27-14-12-20)31(26)16-18-7-4-3-5-8-18/h3-15,28H,2,16-17H2,1H3. The van der Waals surface area contributed by atoms with Crippen LogP contribution in [0.4, 0.5) is 0 Å². The van der Waals surface area contributed by atoms with Gasteiger partial charge in [-0.1, -0.05) is 67.2 Å². The molecular formula is C26H23N5OS. The largest absolute Gasteiger partial charge is 0.360 e. The van der Waals surface area contributed by atoms with E-state index in [2.05, 4.69) is 49.9 Å². The predicted octanol–water partition coefficient (Wildman–Crippen LogP) is 5.41. The summed E-state index contributed by atoms with van der Waals surface area (Å²) in [6, 6.07) is 20.1. The summed E-state index contributed by atoms with van der Waals surface area (Å²) in [7, 11) is 0. The number of ketones is 1. The van der Waals surface area contributed by atoms with E-state index < -0.39 is 0 Å². The molecule has 0 unspecified atom stereocenters. The van der Waals surface area contributed by atoms with E-state index in [0.29, 0.717) is 11.7 Å². The number of para-hydroxylation sites is 1. The molecule has 5 rings (SSSR count). The van der Waals surface area contributed by atoms with Crippen LogP contribution in [0.2, 0.25) is 0 Å². The number of hydrogen-bond acceptors (Lipinski definition) is 5. The zero-order chi connectivity index (χ0) is 22.6. The molecule has 5 aromatic rings. The first kappa shape index (κ1) is 21.2. The highest BCUT2D eigenvalue weighted by atomic mass is 32.2. The SMILES string of the molecule is CCc1cccc2c(C(=O)CSc3nnc(-c4ccncc4)n3Cc3ccccc3)c[nH]c12. The molecule has 6 nitrogen and oxygen atoms in total. The summed E-state index contributed by atoms with van der Waals surface area (Å²) in [4.78, 5) is 20.5. The fourth-order valence-corrected chi connectivity index (χ4v) is 4.79. The number of rotatable bonds is 8. The lowest BCUT2D eigenvalue weighted by Gasteiger charge is -2.10. The minimum atomic E-state index is 0.0687. The zero-order valence-corrected chi connectivity index (χ0v) is 19.0. The number of Topliss-reactive ketones (excluding diaryl/α,β-unsaturated/α-hetero) is 1. The summed E-state index contributed by atoms with van der Waals surface area (Å²) in [5.41, 5.74) is 5.06. The molecule has 7 heteroatoms. The highest BCUT2D eigenvalue weighted by molar-refractivity contribution is 7.99. The number of thioether (sulfide) groups is 1. The van der Waals surface area contributed by atoms with Gasteiger partial charge in [0.1, 0.15) is 0 Å². The van der Waals surface area contributed by atoms with Crippen molar-refractivity contribution in [2.45, 2.75) is 25.0 Å². The number of nitrogens with one attached hydrogen (secondary N) is 1. The summed E-state index contributed by atoms with van der Waals surface area (Å²) in [5.74, 6) is 1.11. The minimum absolute atomic E-state index is 0.0687. The third kappa shape index (κ3) is 4.32. The first-order valence-corrected chi connectivity index (χ1v) is 11.9. The molecule has 0 fully saturated rings. The van der Waals surface area contributed by atoms with Crippen molar-refractivity contribution in [3.05, 3.63) is 95.9 Å². The van der Waals surface area contributed by atoms with Crippen molar-refractivity contribution < 1.29 is 4.79 Å². The number of aromatic amines is 1. The van der Waals surface area contributed by atoms with Crippen molar-refractivity contribution in [1.29, 1.82) is 0 Å². The smallest absolute Gasteiger partial charge is 0.192 e. The molecule has 0 aliphatic carbocycles. The van der Waals surface area contributed by atoms with Gasteiger partial charge < -0.3 is 4.98 Å². The van der Waals surface area contributed by atoms with Gasteiger partial charge >= 0.3 is 0 Å². The van der Waals surface area contributed by atoms with Crippen LogP contribution in [0, 0.1) is 0 Å². The Kier molecular flexibility index (Phi) is 6.04. The van der Waals surface area contributed by atoms with E-state index in [1.54, 1.807) is 12.4 Å². The Morgan fingerprint density at radius 1 is 1.00 bits per heavy atom. The van der Waals surface area contributed by atoms with Gasteiger partial charge in [0.25, 0.3) is 0 Å². The molecule has 0 atom stereocenters. The number of nitrogens with zero attached hydrogens (tertiary/aromatic N) is 4. The Labute approximate surface area is 196 Å². The topological polar surface area (TPSA) is 76.5 Å². The second-order valence-electron chi connectivity index (χ2n) is 7.72. The molecule has 0 aliphatic rings. The van der Waals surface area contributed by atoms with E-state index in [4.69, 9.17) is 0 Å². The van der Waals surface area contributed by atoms with Crippen molar-refractivity contribution in [2.24, 2.45) is 0 Å². The van der Waals surface area contributed by atoms with Crippen LogP contribution in [-0.2, 0) is 13.0 Å². The second-order valence-corrected chi connectivity index (χ2v) is 8.66. The molecule has 2 aromatic carbocycles. The maximum absolute atomic E-state index is 13.1. The highest BCUT2D eigenvalue weighted by Crippen LogP contribution is 2.27. The van der Waals surface area contributed by atoms with E-state index in [1.807, 2.05) is 48.7 Å². The summed E-state index contributed by atoms with van der Waals surface area (Å²) < 4.78 is 2.06. The maximum atomic E-state index is 13.1. The molecule has 33 heavy (non-hydrogen) atoms. The molecule has 0 spiro atoms. The number of benzene rings is 2. The van der Waals surface area contributed by atoms with Crippen LogP contribution in [0.15, 0.2) is 84.4 Å². The Hall–Kier alpha value is -3.71. The molecule has 0 saturated heterocycles. The molecule has 164 valence electrons. The molecule has 0 bridgehead atoms. The Balaban J connectivity index is 1.43. The number of pyridine rings is 1. The van der Waals surface area contributed by atoms with Crippen molar-refractivity contribution >= 4 is 28.4 Å². The number of aromatic nitrogens is 5. The number of fused-ring (bicyclic) bond motifs is 1. The third-order valence-corrected chi connectivity index (χ3v) is 6.62. The van der Waals surface area contributed by atoms with Gasteiger partial charge in [-0.3, -0.25) is 14.3 Å². The van der Waals surface area contributed by atoms with E-state index in [0.717, 1.165) is 39.8 Å². The summed E-state index contributed by atoms with van der Waals surface area (Å²) >= 11 is 1.42. The number of aryl methyl sites for hydroxylation is 1. The summed E-state index contributed by atoms with van der Waals surface area (Å²) in [6.07, 6.45) is 6.23. The molecular weight excluding hydrogens is 430 g/mol. The average Bonchev–Trinajstić information content (AvgIpc) is 3.48. The lowest BCUT2D eigenvalue weighted by molar-refractivity contribution is 0.102. The van der Waals surface area contributed by atoms with Gasteiger partial charge in [0.2, 0.25) is 0 Å². The highest BCUT2D eigenvalue weighted by Gasteiger charge is 2.18. The van der Waals surface area contributed by atoms with Crippen LogP contribution in [-0.4, -0.2) is 36.3 Å². The Bertz CT molecular complexity index is 1390. The first-order valence-electron chi connectivity index (χ1n) is 10.9. The van der Waals surface area contributed by atoms with Gasteiger partial charge in [0.15, 0.2) is 16.8 Å². The van der Waals surface area contributed by atoms with Crippen LogP contribution in [0.3, 0.4) is 0 Å². The van der Waals surface area contributed by atoms with E-state index in [-0.39, 0.29) is 11.5 Å². The van der Waals surface area contributed by atoms with Crippen LogP contribution in [0.5, 0.6) is 0 Å². The molecule has 0 amide bonds. The summed E-state index contributed by atoms with van der Waals surface area (Å²) in [5, 5.41) is 10.6. The third-order valence-electron chi connectivity index (χ3n) is 5.65. The molecule has 1 N–H and O–H groups in total. The minimum Gasteiger partial charge on any atom is -0.360 e. The fourth-order valence-electron chi connectivity index (χ4n) is 3.97. The summed E-state index contributed by atoms with van der Waals surface area (Å²) in [6.45, 7) is 2.74. The fraction of sp³-hybridized carbons (Fsp3) is 0.154. The van der Waals surface area contributed by atoms with Crippen LogP contribution in [0.25, 0.3) is 22.3 Å². The lowest BCUT2D eigenvalue weighted by atomic mass is 10.1. The van der Waals surface area contributed by atoms with Crippen LogP contribution >= 0.6 is 11.8 Å². The Morgan fingerprint density at radius 3 is 2.61 bits per heavy atom. The van der Waals surface area contributed by atoms with E-state index in [1.165, 1.54) is 17.3 Å². The van der Waals surface area contributed by atoms with Gasteiger partial charge in [0, 0.05) is 40.6 Å². The van der Waals surface area contributed by atoms with Gasteiger partial charge in [-0.25, -0.2) is 0 Å². The van der Waals surface area contributed by atoms with Gasteiger partial charge in [0.05, 0.1) is 12.3 Å². The van der Waals surface area contributed by atoms with Crippen LogP contribution in [0.1, 0.15) is 28.4 Å². The first-order chi connectivity index (χ1) is 16.2. The van der Waals surface area contributed by atoms with Crippen molar-refractivity contribution in [1.82, 2.24) is 24.7 Å². The van der Waals surface area contributed by atoms with Gasteiger partial charge in [-0.05, 0) is 29.7 Å². The van der Waals surface area contributed by atoms with Crippen LogP contribution < -0.4 is 0 Å². The number of H-pyrrole nitrogens is 1. The zero-order valence-electron chi connectivity index (χ0n) is 18.2. The molecule has 3 aromatic heterocycles. The van der Waals surface area contributed by atoms with Crippen molar-refractivity contribution in [2.75, 3.05) is 5.75 Å². The van der Waals surface area contributed by atoms with E-state index in [9.17, 15) is 4.79 Å². The predicted molar refractivity (Wildman–Crippen MR) is 132 cm³/mol. The lowest BCUT2D eigenvalue weighted by Crippen LogP contribution is -2.07. The molecule has 0 saturated carbocycles. The maximum Gasteiger partial charge on any atom is 0.192 e. The van der Waals surface area contributed by atoms with Gasteiger partial charge in [-0.15, -0.1) is 10.2 Å². The molecule has 0 aliphatic heterocycles. The van der Waals surface area contributed by atoms with Gasteiger partial charge in [-0.2, -0.15) is 0 Å². The number of carbonyl (C=O) groups is 1. The average molecular weight is 454 g/mol. The number of hydrogen-bond donors (Lipinski definition) is 1.